The monoisotopic (exact) mass is 206 g/mol. The van der Waals surface area contributed by atoms with Crippen LogP contribution in [-0.2, 0) is 17.8 Å². The SMILES string of the molecule is NCc1ccc(CCCCC(N)=O)cc1. The molecule has 1 aromatic rings. The Morgan fingerprint density at radius 1 is 1.07 bits per heavy atom. The van der Waals surface area contributed by atoms with Crippen LogP contribution >= 0.6 is 0 Å². The minimum absolute atomic E-state index is 0.214. The Bertz CT molecular complexity index is 306. The Labute approximate surface area is 90.5 Å². The summed E-state index contributed by atoms with van der Waals surface area (Å²) in [6.45, 7) is 0.585. The second-order valence-electron chi connectivity index (χ2n) is 3.69. The fraction of sp³-hybridized carbons (Fsp3) is 0.417. The van der Waals surface area contributed by atoms with Crippen LogP contribution < -0.4 is 11.5 Å². The standard InChI is InChI=1S/C12H18N2O/c13-9-11-7-5-10(6-8-11)3-1-2-4-12(14)15/h5-8H,1-4,9,13H2,(H2,14,15). The highest BCUT2D eigenvalue weighted by Crippen LogP contribution is 2.08. The summed E-state index contributed by atoms with van der Waals surface area (Å²) < 4.78 is 0. The number of hydrogen-bond donors (Lipinski definition) is 2. The van der Waals surface area contributed by atoms with Crippen LogP contribution in [0.1, 0.15) is 30.4 Å². The first-order chi connectivity index (χ1) is 7.22. The summed E-state index contributed by atoms with van der Waals surface area (Å²) in [6, 6.07) is 8.27. The van der Waals surface area contributed by atoms with Crippen molar-refractivity contribution in [1.82, 2.24) is 0 Å². The summed E-state index contributed by atoms with van der Waals surface area (Å²) in [5.74, 6) is -0.214. The molecule has 1 amide bonds. The Balaban J connectivity index is 2.28. The molecule has 0 heterocycles. The number of amides is 1. The molecule has 0 saturated carbocycles. The van der Waals surface area contributed by atoms with Crippen molar-refractivity contribution in [2.75, 3.05) is 0 Å². The quantitative estimate of drug-likeness (QED) is 0.690. The lowest BCUT2D eigenvalue weighted by Gasteiger charge is -2.02. The minimum atomic E-state index is -0.214. The van der Waals surface area contributed by atoms with Gasteiger partial charge in [0.2, 0.25) is 5.91 Å². The number of aryl methyl sites for hydroxylation is 1. The Morgan fingerprint density at radius 3 is 2.20 bits per heavy atom. The zero-order chi connectivity index (χ0) is 11.1. The van der Waals surface area contributed by atoms with Crippen molar-refractivity contribution in [3.8, 4) is 0 Å². The molecule has 4 N–H and O–H groups in total. The van der Waals surface area contributed by atoms with Crippen LogP contribution in [0.5, 0.6) is 0 Å². The van der Waals surface area contributed by atoms with Crippen molar-refractivity contribution in [2.24, 2.45) is 11.5 Å². The molecule has 0 saturated heterocycles. The fourth-order valence-corrected chi connectivity index (χ4v) is 1.47. The van der Waals surface area contributed by atoms with Crippen LogP contribution in [0, 0.1) is 0 Å². The maximum Gasteiger partial charge on any atom is 0.217 e. The van der Waals surface area contributed by atoms with E-state index in [1.54, 1.807) is 0 Å². The van der Waals surface area contributed by atoms with Crippen LogP contribution in [-0.4, -0.2) is 5.91 Å². The summed E-state index contributed by atoms with van der Waals surface area (Å²) in [4.78, 5) is 10.5. The highest BCUT2D eigenvalue weighted by atomic mass is 16.1. The molecule has 1 aromatic carbocycles. The van der Waals surface area contributed by atoms with E-state index in [4.69, 9.17) is 11.5 Å². The Kier molecular flexibility index (Phi) is 4.84. The average Bonchev–Trinajstić information content (AvgIpc) is 2.25. The van der Waals surface area contributed by atoms with Gasteiger partial charge in [-0.05, 0) is 30.4 Å². The highest BCUT2D eigenvalue weighted by Gasteiger charge is 1.96. The summed E-state index contributed by atoms with van der Waals surface area (Å²) >= 11 is 0. The lowest BCUT2D eigenvalue weighted by atomic mass is 10.1. The van der Waals surface area contributed by atoms with Crippen LogP contribution in [0.3, 0.4) is 0 Å². The van der Waals surface area contributed by atoms with E-state index < -0.39 is 0 Å². The second kappa shape index (κ2) is 6.19. The zero-order valence-electron chi connectivity index (χ0n) is 8.91. The van der Waals surface area contributed by atoms with Gasteiger partial charge in [0.15, 0.2) is 0 Å². The summed E-state index contributed by atoms with van der Waals surface area (Å²) in [6.07, 6.45) is 3.36. The minimum Gasteiger partial charge on any atom is -0.370 e. The molecule has 0 aliphatic carbocycles. The molecule has 1 rings (SSSR count). The fourth-order valence-electron chi connectivity index (χ4n) is 1.47. The van der Waals surface area contributed by atoms with Crippen molar-refractivity contribution in [1.29, 1.82) is 0 Å². The lowest BCUT2D eigenvalue weighted by Crippen LogP contribution is -2.09. The third kappa shape index (κ3) is 4.61. The van der Waals surface area contributed by atoms with Gasteiger partial charge in [-0.1, -0.05) is 24.3 Å². The molecule has 0 fully saturated rings. The number of unbranched alkanes of at least 4 members (excludes halogenated alkanes) is 1. The average molecular weight is 206 g/mol. The summed E-state index contributed by atoms with van der Waals surface area (Å²) in [5, 5.41) is 0. The normalized spacial score (nSPS) is 10.2. The van der Waals surface area contributed by atoms with Gasteiger partial charge in [0, 0.05) is 13.0 Å². The Hall–Kier alpha value is -1.35. The van der Waals surface area contributed by atoms with Gasteiger partial charge in [-0.15, -0.1) is 0 Å². The molecule has 15 heavy (non-hydrogen) atoms. The van der Waals surface area contributed by atoms with Crippen molar-refractivity contribution < 1.29 is 4.79 Å². The molecule has 3 nitrogen and oxygen atoms in total. The third-order valence-electron chi connectivity index (χ3n) is 2.40. The predicted octanol–water partition coefficient (Wildman–Crippen LogP) is 1.34. The number of carbonyl (C=O) groups excluding carboxylic acids is 1. The molecular weight excluding hydrogens is 188 g/mol. The summed E-state index contributed by atoms with van der Waals surface area (Å²) in [7, 11) is 0. The van der Waals surface area contributed by atoms with E-state index >= 15 is 0 Å². The number of hydrogen-bond acceptors (Lipinski definition) is 2. The third-order valence-corrected chi connectivity index (χ3v) is 2.40. The van der Waals surface area contributed by atoms with Gasteiger partial charge >= 0.3 is 0 Å². The lowest BCUT2D eigenvalue weighted by molar-refractivity contribution is -0.118. The molecule has 0 aromatic heterocycles. The molecule has 0 unspecified atom stereocenters. The van der Waals surface area contributed by atoms with Crippen molar-refractivity contribution in [2.45, 2.75) is 32.2 Å². The predicted molar refractivity (Wildman–Crippen MR) is 61.1 cm³/mol. The van der Waals surface area contributed by atoms with Gasteiger partial charge in [0.25, 0.3) is 0 Å². The molecule has 0 bridgehead atoms. The Morgan fingerprint density at radius 2 is 1.67 bits per heavy atom. The van der Waals surface area contributed by atoms with Gasteiger partial charge in [0.05, 0.1) is 0 Å². The van der Waals surface area contributed by atoms with Crippen LogP contribution in [0.2, 0.25) is 0 Å². The van der Waals surface area contributed by atoms with E-state index in [9.17, 15) is 4.79 Å². The van der Waals surface area contributed by atoms with Crippen LogP contribution in [0.25, 0.3) is 0 Å². The number of carbonyl (C=O) groups is 1. The van der Waals surface area contributed by atoms with Gasteiger partial charge in [-0.3, -0.25) is 4.79 Å². The highest BCUT2D eigenvalue weighted by molar-refractivity contribution is 5.73. The largest absolute Gasteiger partial charge is 0.370 e. The first-order valence-corrected chi connectivity index (χ1v) is 5.28. The van der Waals surface area contributed by atoms with Gasteiger partial charge in [-0.2, -0.15) is 0 Å². The second-order valence-corrected chi connectivity index (χ2v) is 3.69. The van der Waals surface area contributed by atoms with Crippen LogP contribution in [0.4, 0.5) is 0 Å². The van der Waals surface area contributed by atoms with Gasteiger partial charge < -0.3 is 11.5 Å². The molecule has 0 atom stereocenters. The molecule has 0 radical (unpaired) electrons. The number of benzene rings is 1. The van der Waals surface area contributed by atoms with Gasteiger partial charge in [-0.25, -0.2) is 0 Å². The molecule has 0 spiro atoms. The van der Waals surface area contributed by atoms with E-state index in [1.165, 1.54) is 5.56 Å². The molecule has 82 valence electrons. The van der Waals surface area contributed by atoms with E-state index in [2.05, 4.69) is 12.1 Å². The number of nitrogens with two attached hydrogens (primary N) is 2. The van der Waals surface area contributed by atoms with E-state index in [0.717, 1.165) is 24.8 Å². The van der Waals surface area contributed by atoms with Crippen molar-refractivity contribution >= 4 is 5.91 Å². The smallest absolute Gasteiger partial charge is 0.217 e. The van der Waals surface area contributed by atoms with E-state index in [1.807, 2.05) is 12.1 Å². The molecule has 3 heteroatoms. The van der Waals surface area contributed by atoms with Crippen LogP contribution in [0.15, 0.2) is 24.3 Å². The summed E-state index contributed by atoms with van der Waals surface area (Å²) in [5.41, 5.74) is 13.0. The first-order valence-electron chi connectivity index (χ1n) is 5.28. The topological polar surface area (TPSA) is 69.1 Å². The van der Waals surface area contributed by atoms with E-state index in [0.29, 0.717) is 13.0 Å². The van der Waals surface area contributed by atoms with E-state index in [-0.39, 0.29) is 5.91 Å². The van der Waals surface area contributed by atoms with Gasteiger partial charge in [0.1, 0.15) is 0 Å². The van der Waals surface area contributed by atoms with Crippen molar-refractivity contribution in [3.63, 3.8) is 0 Å². The maximum absolute atomic E-state index is 10.5. The molecule has 0 aliphatic rings. The molecular formula is C12H18N2O. The number of rotatable bonds is 6. The maximum atomic E-state index is 10.5. The number of primary amides is 1. The van der Waals surface area contributed by atoms with Crippen molar-refractivity contribution in [3.05, 3.63) is 35.4 Å². The first kappa shape index (κ1) is 11.7. The molecule has 0 aliphatic heterocycles. The zero-order valence-corrected chi connectivity index (χ0v) is 8.91.